The van der Waals surface area contributed by atoms with E-state index in [0.29, 0.717) is 50.0 Å². The number of carbonyl (C=O) groups excluding carboxylic acids is 1. The number of pyridine rings is 1. The molecular formula is C43H52N6O4. The van der Waals surface area contributed by atoms with Gasteiger partial charge in [0.05, 0.1) is 11.1 Å². The number of fused-ring (bicyclic) bond motifs is 1. The molecule has 0 bridgehead atoms. The summed E-state index contributed by atoms with van der Waals surface area (Å²) in [6.45, 7) is 14.1. The first-order chi connectivity index (χ1) is 25.6. The lowest BCUT2D eigenvalue weighted by molar-refractivity contribution is 0.00704. The maximum Gasteiger partial charge on any atom is 0.410 e. The Bertz CT molecular complexity index is 1980. The summed E-state index contributed by atoms with van der Waals surface area (Å²) in [5.74, 6) is 1.61. The minimum atomic E-state index is -0.470. The highest BCUT2D eigenvalue weighted by atomic mass is 16.6. The molecule has 2 saturated heterocycles. The second-order valence-electron chi connectivity index (χ2n) is 15.3. The number of aryl methyl sites for hydroxylation is 1. The highest BCUT2D eigenvalue weighted by Gasteiger charge is 2.32. The summed E-state index contributed by atoms with van der Waals surface area (Å²) >= 11 is 0. The van der Waals surface area contributed by atoms with Crippen LogP contribution in [0.25, 0.3) is 22.2 Å². The van der Waals surface area contributed by atoms with Gasteiger partial charge in [0.25, 0.3) is 0 Å². The molecule has 2 aliphatic rings. The number of aromatic nitrogens is 3. The quantitative estimate of drug-likeness (QED) is 0.144. The van der Waals surface area contributed by atoms with Crippen LogP contribution in [-0.4, -0.2) is 81.6 Å². The van der Waals surface area contributed by atoms with E-state index in [4.69, 9.17) is 24.3 Å². The number of benzene rings is 3. The molecule has 53 heavy (non-hydrogen) atoms. The fourth-order valence-corrected chi connectivity index (χ4v) is 7.47. The number of nitrogens with zero attached hydrogens (tertiary/aromatic N) is 6. The van der Waals surface area contributed by atoms with Crippen LogP contribution in [-0.2, 0) is 25.0 Å². The van der Waals surface area contributed by atoms with Gasteiger partial charge in [-0.1, -0.05) is 60.7 Å². The summed E-state index contributed by atoms with van der Waals surface area (Å²) in [4.78, 5) is 24.3. The minimum Gasteiger partial charge on any atom is -0.473 e. The number of piperidine rings is 1. The number of anilines is 1. The summed E-state index contributed by atoms with van der Waals surface area (Å²) in [5.41, 5.74) is 5.60. The first-order valence-corrected chi connectivity index (χ1v) is 18.9. The van der Waals surface area contributed by atoms with Gasteiger partial charge < -0.3 is 24.0 Å². The van der Waals surface area contributed by atoms with Crippen molar-refractivity contribution in [2.24, 2.45) is 13.0 Å². The van der Waals surface area contributed by atoms with Crippen molar-refractivity contribution in [3.8, 4) is 23.0 Å². The van der Waals surface area contributed by atoms with E-state index in [1.807, 2.05) is 110 Å². The van der Waals surface area contributed by atoms with E-state index < -0.39 is 5.60 Å². The van der Waals surface area contributed by atoms with E-state index in [1.54, 1.807) is 0 Å². The first kappa shape index (κ1) is 36.3. The van der Waals surface area contributed by atoms with E-state index in [-0.39, 0.29) is 6.09 Å². The molecular weight excluding hydrogens is 665 g/mol. The number of piperazine rings is 1. The van der Waals surface area contributed by atoms with Crippen LogP contribution in [0, 0.1) is 5.92 Å². The lowest BCUT2D eigenvalue weighted by Crippen LogP contribution is -2.54. The summed E-state index contributed by atoms with van der Waals surface area (Å²) in [7, 11) is 2.00. The maximum absolute atomic E-state index is 12.6. The zero-order chi connectivity index (χ0) is 37.0. The summed E-state index contributed by atoms with van der Waals surface area (Å²) in [6, 6.07) is 31.3. The van der Waals surface area contributed by atoms with Gasteiger partial charge in [0.1, 0.15) is 24.5 Å². The van der Waals surface area contributed by atoms with Gasteiger partial charge in [-0.25, -0.2) is 4.79 Å². The Hall–Kier alpha value is -5.09. The third-order valence-electron chi connectivity index (χ3n) is 10.5. The molecule has 7 rings (SSSR count). The summed E-state index contributed by atoms with van der Waals surface area (Å²) < 4.78 is 20.0. The number of amides is 1. The molecule has 0 saturated carbocycles. The fourth-order valence-electron chi connectivity index (χ4n) is 7.47. The Balaban J connectivity index is 1.03. The van der Waals surface area contributed by atoms with Crippen molar-refractivity contribution in [3.05, 3.63) is 102 Å². The second-order valence-corrected chi connectivity index (χ2v) is 15.3. The highest BCUT2D eigenvalue weighted by molar-refractivity contribution is 5.96. The monoisotopic (exact) mass is 716 g/mol. The zero-order valence-electron chi connectivity index (χ0n) is 31.7. The third-order valence-corrected chi connectivity index (χ3v) is 10.5. The van der Waals surface area contributed by atoms with Gasteiger partial charge in [-0.3, -0.25) is 9.58 Å². The fraction of sp³-hybridized carbons (Fsp3) is 0.419. The molecule has 2 aromatic heterocycles. The lowest BCUT2D eigenvalue weighted by Gasteiger charge is -2.43. The highest BCUT2D eigenvalue weighted by Crippen LogP contribution is 2.37. The first-order valence-electron chi connectivity index (χ1n) is 18.9. The topological polar surface area (TPSA) is 85.2 Å². The molecule has 1 amide bonds. The largest absolute Gasteiger partial charge is 0.473 e. The smallest absolute Gasteiger partial charge is 0.410 e. The minimum absolute atomic E-state index is 0.203. The van der Waals surface area contributed by atoms with Crippen LogP contribution in [0.3, 0.4) is 0 Å². The predicted octanol–water partition coefficient (Wildman–Crippen LogP) is 7.95. The average Bonchev–Trinajstić information content (AvgIpc) is 3.51. The van der Waals surface area contributed by atoms with E-state index in [0.717, 1.165) is 72.3 Å². The molecule has 10 heteroatoms. The van der Waals surface area contributed by atoms with Crippen LogP contribution in [0.4, 0.5) is 10.5 Å². The third kappa shape index (κ3) is 8.76. The van der Waals surface area contributed by atoms with Crippen molar-refractivity contribution >= 4 is 22.7 Å². The Labute approximate surface area is 313 Å². The van der Waals surface area contributed by atoms with Gasteiger partial charge in [-0.05, 0) is 81.8 Å². The molecule has 2 fully saturated rings. The average molecular weight is 717 g/mol. The van der Waals surface area contributed by atoms with Crippen molar-refractivity contribution in [3.63, 3.8) is 0 Å². The van der Waals surface area contributed by atoms with Crippen molar-refractivity contribution < 1.29 is 19.0 Å². The molecule has 1 unspecified atom stereocenters. The Morgan fingerprint density at radius 1 is 0.811 bits per heavy atom. The van der Waals surface area contributed by atoms with E-state index in [9.17, 15) is 4.79 Å². The molecule has 0 aliphatic carbocycles. The van der Waals surface area contributed by atoms with Crippen LogP contribution in [0.15, 0.2) is 91.0 Å². The van der Waals surface area contributed by atoms with Crippen LogP contribution in [0.2, 0.25) is 0 Å². The molecule has 2 aliphatic heterocycles. The van der Waals surface area contributed by atoms with Crippen molar-refractivity contribution in [1.82, 2.24) is 24.6 Å². The molecule has 278 valence electrons. The van der Waals surface area contributed by atoms with Crippen molar-refractivity contribution in [1.29, 1.82) is 0 Å². The molecule has 0 spiro atoms. The molecule has 1 atom stereocenters. The Kier molecular flexibility index (Phi) is 10.9. The maximum atomic E-state index is 12.6. The van der Waals surface area contributed by atoms with E-state index >= 15 is 0 Å². The van der Waals surface area contributed by atoms with Gasteiger partial charge in [-0.2, -0.15) is 10.1 Å². The van der Waals surface area contributed by atoms with Gasteiger partial charge in [-0.15, -0.1) is 0 Å². The standard InChI is InChI=1S/C43H52N6O4/c1-31(47-24-26-49(27-25-47)42(50)53-43(2,3)4)34-20-22-48(23-21-34)35-16-17-36-38(28-35)46(5)45-40(36)37-18-19-39(51-29-32-12-8-6-9-13-32)44-41(37)52-30-33-14-10-7-11-15-33/h6-19,28,31,34H,20-27,29-30H2,1-5H3. The SMILES string of the molecule is CC(C1CCN(c2ccc3c(-c4ccc(OCc5ccccc5)nc4OCc4ccccc4)nn(C)c3c2)CC1)N1CCN(C(=O)OC(C)(C)C)CC1. The van der Waals surface area contributed by atoms with Gasteiger partial charge >= 0.3 is 6.09 Å². The number of rotatable bonds is 10. The van der Waals surface area contributed by atoms with Crippen LogP contribution in [0.5, 0.6) is 11.8 Å². The Morgan fingerprint density at radius 2 is 1.45 bits per heavy atom. The van der Waals surface area contributed by atoms with E-state index in [2.05, 4.69) is 34.9 Å². The summed E-state index contributed by atoms with van der Waals surface area (Å²) in [5, 5.41) is 6.06. The van der Waals surface area contributed by atoms with Crippen molar-refractivity contribution in [2.75, 3.05) is 44.2 Å². The molecule has 5 aromatic rings. The number of ether oxygens (including phenoxy) is 3. The van der Waals surface area contributed by atoms with E-state index in [1.165, 1.54) is 5.69 Å². The number of carbonyl (C=O) groups is 1. The van der Waals surface area contributed by atoms with Crippen LogP contribution >= 0.6 is 0 Å². The molecule has 3 aromatic carbocycles. The predicted molar refractivity (Wildman–Crippen MR) is 209 cm³/mol. The second kappa shape index (κ2) is 15.9. The molecule has 4 heterocycles. The lowest BCUT2D eigenvalue weighted by atomic mass is 9.88. The summed E-state index contributed by atoms with van der Waals surface area (Å²) in [6.07, 6.45) is 2.06. The molecule has 0 radical (unpaired) electrons. The van der Waals surface area contributed by atoms with Gasteiger partial charge in [0.2, 0.25) is 11.8 Å². The van der Waals surface area contributed by atoms with Gasteiger partial charge in [0, 0.05) is 69.5 Å². The number of hydrogen-bond donors (Lipinski definition) is 0. The molecule has 10 nitrogen and oxygen atoms in total. The van der Waals surface area contributed by atoms with Crippen LogP contribution in [0.1, 0.15) is 51.7 Å². The molecule has 0 N–H and O–H groups in total. The zero-order valence-corrected chi connectivity index (χ0v) is 31.7. The van der Waals surface area contributed by atoms with Gasteiger partial charge in [0.15, 0.2) is 0 Å². The van der Waals surface area contributed by atoms with Crippen molar-refractivity contribution in [2.45, 2.75) is 65.4 Å². The normalized spacial score (nSPS) is 16.5. The van der Waals surface area contributed by atoms with Crippen LogP contribution < -0.4 is 14.4 Å². The number of hydrogen-bond acceptors (Lipinski definition) is 8. The Morgan fingerprint density at radius 3 is 2.09 bits per heavy atom.